The molecule has 1 N–H and O–H groups in total. The molecular weight excluding hydrogens is 184 g/mol. The van der Waals surface area contributed by atoms with Crippen LogP contribution in [0.3, 0.4) is 0 Å². The third-order valence-electron chi connectivity index (χ3n) is 4.68. The number of hydrogen-bond donors (Lipinski definition) is 1. The molecule has 0 amide bonds. The lowest BCUT2D eigenvalue weighted by atomic mass is 9.94. The predicted molar refractivity (Wildman–Crippen MR) is 62.9 cm³/mol. The average Bonchev–Trinajstić information content (AvgIpc) is 2.99. The molecule has 3 atom stereocenters. The van der Waals surface area contributed by atoms with Gasteiger partial charge in [0.05, 0.1) is 0 Å². The minimum absolute atomic E-state index is 0.826. The molecule has 1 aliphatic carbocycles. The molecule has 0 radical (unpaired) electrons. The van der Waals surface area contributed by atoms with Crippen molar-refractivity contribution in [3.05, 3.63) is 0 Å². The van der Waals surface area contributed by atoms with Gasteiger partial charge in [-0.3, -0.25) is 4.90 Å². The third kappa shape index (κ3) is 1.94. The molecule has 3 unspecified atom stereocenters. The van der Waals surface area contributed by atoms with Crippen molar-refractivity contribution in [3.63, 3.8) is 0 Å². The lowest BCUT2D eigenvalue weighted by Gasteiger charge is -2.26. The highest BCUT2D eigenvalue weighted by atomic mass is 15.2. The van der Waals surface area contributed by atoms with Crippen LogP contribution in [0, 0.1) is 11.8 Å². The fraction of sp³-hybridized carbons (Fsp3) is 1.00. The Morgan fingerprint density at radius 1 is 1.27 bits per heavy atom. The molecule has 3 fully saturated rings. The van der Waals surface area contributed by atoms with E-state index in [2.05, 4.69) is 17.1 Å². The molecule has 2 heteroatoms. The summed E-state index contributed by atoms with van der Waals surface area (Å²) in [6.07, 6.45) is 7.23. The molecule has 15 heavy (non-hydrogen) atoms. The number of hydrogen-bond acceptors (Lipinski definition) is 2. The van der Waals surface area contributed by atoms with Gasteiger partial charge in [0.1, 0.15) is 0 Å². The van der Waals surface area contributed by atoms with Crippen molar-refractivity contribution in [3.8, 4) is 0 Å². The van der Waals surface area contributed by atoms with Crippen molar-refractivity contribution in [2.75, 3.05) is 19.6 Å². The second-order valence-corrected chi connectivity index (χ2v) is 5.73. The molecule has 0 bridgehead atoms. The van der Waals surface area contributed by atoms with Crippen LogP contribution in [-0.4, -0.2) is 36.6 Å². The van der Waals surface area contributed by atoms with Gasteiger partial charge in [-0.25, -0.2) is 0 Å². The van der Waals surface area contributed by atoms with Gasteiger partial charge in [0.2, 0.25) is 0 Å². The van der Waals surface area contributed by atoms with E-state index in [0.717, 1.165) is 23.9 Å². The van der Waals surface area contributed by atoms with Crippen LogP contribution >= 0.6 is 0 Å². The van der Waals surface area contributed by atoms with Crippen molar-refractivity contribution < 1.29 is 0 Å². The van der Waals surface area contributed by atoms with Gasteiger partial charge in [0.15, 0.2) is 0 Å². The molecule has 0 spiro atoms. The fourth-order valence-corrected chi connectivity index (χ4v) is 3.72. The smallest absolute Gasteiger partial charge is 0.0235 e. The summed E-state index contributed by atoms with van der Waals surface area (Å²) in [5, 5.41) is 3.71. The first-order valence-electron chi connectivity index (χ1n) is 6.86. The van der Waals surface area contributed by atoms with Crippen molar-refractivity contribution in [1.29, 1.82) is 0 Å². The summed E-state index contributed by atoms with van der Waals surface area (Å²) in [6, 6.07) is 1.74. The maximum Gasteiger partial charge on any atom is 0.0235 e. The molecule has 86 valence electrons. The number of nitrogens with one attached hydrogen (secondary N) is 1. The summed E-state index contributed by atoms with van der Waals surface area (Å²) in [7, 11) is 0. The molecule has 3 rings (SSSR count). The number of likely N-dealkylation sites (tertiary alicyclic amines) is 1. The molecular formula is C13H24N2. The topological polar surface area (TPSA) is 15.3 Å². The summed E-state index contributed by atoms with van der Waals surface area (Å²) in [6.45, 7) is 6.35. The Hall–Kier alpha value is -0.0800. The van der Waals surface area contributed by atoms with Crippen molar-refractivity contribution in [2.45, 2.75) is 51.1 Å². The highest BCUT2D eigenvalue weighted by Gasteiger charge is 2.41. The highest BCUT2D eigenvalue weighted by molar-refractivity contribution is 4.97. The van der Waals surface area contributed by atoms with Gasteiger partial charge in [-0.15, -0.1) is 0 Å². The Morgan fingerprint density at radius 2 is 2.13 bits per heavy atom. The maximum absolute atomic E-state index is 3.71. The van der Waals surface area contributed by atoms with Gasteiger partial charge in [0.25, 0.3) is 0 Å². The van der Waals surface area contributed by atoms with Crippen molar-refractivity contribution >= 4 is 0 Å². The lowest BCUT2D eigenvalue weighted by molar-refractivity contribution is 0.203. The number of fused-ring (bicyclic) bond motifs is 1. The second-order valence-electron chi connectivity index (χ2n) is 5.73. The quantitative estimate of drug-likeness (QED) is 0.761. The first kappa shape index (κ1) is 10.1. The minimum atomic E-state index is 0.826. The van der Waals surface area contributed by atoms with Gasteiger partial charge >= 0.3 is 0 Å². The Balaban J connectivity index is 1.63. The number of nitrogens with zero attached hydrogens (tertiary/aromatic N) is 1. The number of piperidine rings is 1. The van der Waals surface area contributed by atoms with E-state index >= 15 is 0 Å². The van der Waals surface area contributed by atoms with Crippen molar-refractivity contribution in [2.24, 2.45) is 11.8 Å². The molecule has 3 aliphatic rings. The van der Waals surface area contributed by atoms with E-state index in [4.69, 9.17) is 0 Å². The largest absolute Gasteiger partial charge is 0.312 e. The zero-order valence-corrected chi connectivity index (χ0v) is 9.91. The SMILES string of the molecule is CCC(C1CC1)N1CC2CCCNC2C1. The van der Waals surface area contributed by atoms with E-state index in [0.29, 0.717) is 0 Å². The maximum atomic E-state index is 3.71. The summed E-state index contributed by atoms with van der Waals surface area (Å²) in [4.78, 5) is 2.80. The van der Waals surface area contributed by atoms with Crippen LogP contribution in [-0.2, 0) is 0 Å². The first-order chi connectivity index (χ1) is 7.38. The summed E-state index contributed by atoms with van der Waals surface area (Å²) < 4.78 is 0. The zero-order valence-electron chi connectivity index (χ0n) is 9.91. The summed E-state index contributed by atoms with van der Waals surface area (Å²) in [5.41, 5.74) is 0. The van der Waals surface area contributed by atoms with Crippen LogP contribution in [0.4, 0.5) is 0 Å². The van der Waals surface area contributed by atoms with Gasteiger partial charge in [-0.05, 0) is 50.5 Å². The third-order valence-corrected chi connectivity index (χ3v) is 4.68. The van der Waals surface area contributed by atoms with E-state index in [-0.39, 0.29) is 0 Å². The van der Waals surface area contributed by atoms with Gasteiger partial charge < -0.3 is 5.32 Å². The zero-order chi connectivity index (χ0) is 10.3. The van der Waals surface area contributed by atoms with Crippen LogP contribution in [0.1, 0.15) is 39.0 Å². The van der Waals surface area contributed by atoms with Crippen LogP contribution < -0.4 is 5.32 Å². The second kappa shape index (κ2) is 4.06. The van der Waals surface area contributed by atoms with E-state index < -0.39 is 0 Å². The molecule has 0 aromatic carbocycles. The molecule has 0 aromatic rings. The van der Waals surface area contributed by atoms with Crippen LogP contribution in [0.2, 0.25) is 0 Å². The number of rotatable bonds is 3. The summed E-state index contributed by atoms with van der Waals surface area (Å²) in [5.74, 6) is 2.02. The lowest BCUT2D eigenvalue weighted by Crippen LogP contribution is -2.41. The van der Waals surface area contributed by atoms with E-state index in [9.17, 15) is 0 Å². The van der Waals surface area contributed by atoms with Gasteiger partial charge in [-0.2, -0.15) is 0 Å². The molecule has 2 nitrogen and oxygen atoms in total. The normalized spacial score (nSPS) is 39.0. The summed E-state index contributed by atoms with van der Waals surface area (Å²) >= 11 is 0. The molecule has 2 saturated heterocycles. The Bertz CT molecular complexity index is 211. The Morgan fingerprint density at radius 3 is 2.80 bits per heavy atom. The standard InChI is InChI=1S/C13H24N2/c1-2-13(10-5-6-10)15-8-11-4-3-7-14-12(11)9-15/h10-14H,2-9H2,1H3. The fourth-order valence-electron chi connectivity index (χ4n) is 3.72. The Labute approximate surface area is 93.4 Å². The highest BCUT2D eigenvalue weighted by Crippen LogP contribution is 2.39. The van der Waals surface area contributed by atoms with Gasteiger partial charge in [0, 0.05) is 25.2 Å². The molecule has 2 heterocycles. The van der Waals surface area contributed by atoms with E-state index in [1.807, 2.05) is 0 Å². The first-order valence-corrected chi connectivity index (χ1v) is 6.86. The van der Waals surface area contributed by atoms with Crippen LogP contribution in [0.5, 0.6) is 0 Å². The molecule has 2 aliphatic heterocycles. The molecule has 1 saturated carbocycles. The minimum Gasteiger partial charge on any atom is -0.312 e. The van der Waals surface area contributed by atoms with Crippen LogP contribution in [0.25, 0.3) is 0 Å². The monoisotopic (exact) mass is 208 g/mol. The van der Waals surface area contributed by atoms with E-state index in [1.165, 1.54) is 51.7 Å². The van der Waals surface area contributed by atoms with Crippen LogP contribution in [0.15, 0.2) is 0 Å². The van der Waals surface area contributed by atoms with Crippen molar-refractivity contribution in [1.82, 2.24) is 10.2 Å². The van der Waals surface area contributed by atoms with Gasteiger partial charge in [-0.1, -0.05) is 6.92 Å². The Kier molecular flexibility index (Phi) is 2.73. The molecule has 0 aromatic heterocycles. The predicted octanol–water partition coefficient (Wildman–Crippen LogP) is 1.86. The average molecular weight is 208 g/mol. The van der Waals surface area contributed by atoms with E-state index in [1.54, 1.807) is 0 Å².